The van der Waals surface area contributed by atoms with Crippen LogP contribution in [0.25, 0.3) is 6.08 Å². The summed E-state index contributed by atoms with van der Waals surface area (Å²) in [5.74, 6) is -1.16. The molecule has 3 heteroatoms. The minimum absolute atomic E-state index is 0.00828. The van der Waals surface area contributed by atoms with Crippen LogP contribution in [0.3, 0.4) is 0 Å². The molecule has 0 radical (unpaired) electrons. The summed E-state index contributed by atoms with van der Waals surface area (Å²) in [5.41, 5.74) is 3.52. The third-order valence-corrected chi connectivity index (χ3v) is 5.25. The van der Waals surface area contributed by atoms with Crippen molar-refractivity contribution in [2.45, 2.75) is 51.9 Å². The predicted molar refractivity (Wildman–Crippen MR) is 89.7 cm³/mol. The Labute approximate surface area is 136 Å². The van der Waals surface area contributed by atoms with Crippen molar-refractivity contribution in [2.24, 2.45) is 5.92 Å². The molecule has 0 unspecified atom stereocenters. The van der Waals surface area contributed by atoms with Crippen LogP contribution in [0, 0.1) is 5.92 Å². The number of allylic oxidation sites excluding steroid dienone is 1. The van der Waals surface area contributed by atoms with Crippen molar-refractivity contribution < 1.29 is 14.4 Å². The topological polar surface area (TPSA) is 51.2 Å². The molecule has 3 nitrogen and oxygen atoms in total. The molecule has 0 saturated carbocycles. The molecular formula is C20H22O3. The first kappa shape index (κ1) is 15.9. The Morgan fingerprint density at radius 2 is 1.87 bits per heavy atom. The van der Waals surface area contributed by atoms with E-state index in [1.807, 2.05) is 32.1 Å². The lowest BCUT2D eigenvalue weighted by atomic mass is 9.66. The second-order valence-corrected chi connectivity index (χ2v) is 7.57. The summed E-state index contributed by atoms with van der Waals surface area (Å²) in [5, 5.41) is 0. The standard InChI is InChI=1S/C20H22O3/c1-11(2)14-9-12-5-6-15-16(17(12)19(23)18(14)22)13(10-21)7-8-20(15,3)4/h5-6,9-11,13H,7-8H2,1-4H3/t13-/m1/s1. The van der Waals surface area contributed by atoms with Gasteiger partial charge in [0.1, 0.15) is 6.29 Å². The lowest BCUT2D eigenvalue weighted by molar-refractivity contribution is -0.112. The van der Waals surface area contributed by atoms with Crippen molar-refractivity contribution in [1.82, 2.24) is 0 Å². The Bertz CT molecular complexity index is 750. The molecule has 0 saturated heterocycles. The van der Waals surface area contributed by atoms with Gasteiger partial charge in [-0.25, -0.2) is 0 Å². The van der Waals surface area contributed by atoms with Gasteiger partial charge in [0.25, 0.3) is 0 Å². The first-order valence-corrected chi connectivity index (χ1v) is 8.21. The Balaban J connectivity index is 2.32. The molecule has 0 fully saturated rings. The fraction of sp³-hybridized carbons (Fsp3) is 0.450. The second kappa shape index (κ2) is 5.26. The van der Waals surface area contributed by atoms with Crippen molar-refractivity contribution >= 4 is 23.9 Å². The Morgan fingerprint density at radius 1 is 1.17 bits per heavy atom. The normalized spacial score (nSPS) is 22.5. The molecule has 3 rings (SSSR count). The average molecular weight is 310 g/mol. The van der Waals surface area contributed by atoms with Crippen LogP contribution >= 0.6 is 0 Å². The largest absolute Gasteiger partial charge is 0.303 e. The quantitative estimate of drug-likeness (QED) is 0.616. The van der Waals surface area contributed by atoms with E-state index in [0.29, 0.717) is 11.1 Å². The van der Waals surface area contributed by atoms with E-state index in [2.05, 4.69) is 13.8 Å². The Hall–Kier alpha value is -2.03. The first-order valence-electron chi connectivity index (χ1n) is 8.21. The van der Waals surface area contributed by atoms with Crippen molar-refractivity contribution in [2.75, 3.05) is 0 Å². The Morgan fingerprint density at radius 3 is 2.48 bits per heavy atom. The van der Waals surface area contributed by atoms with E-state index in [0.717, 1.165) is 35.8 Å². The molecular weight excluding hydrogens is 288 g/mol. The maximum atomic E-state index is 12.8. The van der Waals surface area contributed by atoms with Gasteiger partial charge in [0, 0.05) is 17.1 Å². The minimum atomic E-state index is -0.451. The van der Waals surface area contributed by atoms with E-state index in [1.165, 1.54) is 0 Å². The van der Waals surface area contributed by atoms with E-state index in [-0.39, 0.29) is 17.3 Å². The number of benzene rings is 1. The highest BCUT2D eigenvalue weighted by Crippen LogP contribution is 2.45. The van der Waals surface area contributed by atoms with E-state index in [9.17, 15) is 14.4 Å². The summed E-state index contributed by atoms with van der Waals surface area (Å²) in [6.45, 7) is 8.09. The average Bonchev–Trinajstić information content (AvgIpc) is 2.50. The molecule has 2 aliphatic rings. The molecule has 0 aromatic heterocycles. The van der Waals surface area contributed by atoms with Gasteiger partial charge in [-0.05, 0) is 46.9 Å². The van der Waals surface area contributed by atoms with Gasteiger partial charge in [0.15, 0.2) is 0 Å². The van der Waals surface area contributed by atoms with Crippen molar-refractivity contribution in [1.29, 1.82) is 0 Å². The summed E-state index contributed by atoms with van der Waals surface area (Å²) in [4.78, 5) is 36.8. The highest BCUT2D eigenvalue weighted by Gasteiger charge is 2.39. The van der Waals surface area contributed by atoms with Gasteiger partial charge in [-0.2, -0.15) is 0 Å². The highest BCUT2D eigenvalue weighted by atomic mass is 16.2. The van der Waals surface area contributed by atoms with Crippen LogP contribution in [0.5, 0.6) is 0 Å². The molecule has 120 valence electrons. The van der Waals surface area contributed by atoms with Gasteiger partial charge in [-0.1, -0.05) is 39.8 Å². The molecule has 1 aromatic carbocycles. The highest BCUT2D eigenvalue weighted by molar-refractivity contribution is 6.52. The summed E-state index contributed by atoms with van der Waals surface area (Å²) in [6.07, 6.45) is 4.38. The number of ketones is 2. The number of carbonyl (C=O) groups is 3. The molecule has 0 aliphatic heterocycles. The number of aldehydes is 1. The summed E-state index contributed by atoms with van der Waals surface area (Å²) >= 11 is 0. The van der Waals surface area contributed by atoms with E-state index in [1.54, 1.807) is 0 Å². The van der Waals surface area contributed by atoms with Gasteiger partial charge in [-0.3, -0.25) is 9.59 Å². The van der Waals surface area contributed by atoms with Gasteiger partial charge < -0.3 is 4.79 Å². The number of fused-ring (bicyclic) bond motifs is 3. The lowest BCUT2D eigenvalue weighted by Crippen LogP contribution is -2.32. The molecule has 1 aromatic rings. The van der Waals surface area contributed by atoms with Crippen LogP contribution in [-0.4, -0.2) is 17.9 Å². The van der Waals surface area contributed by atoms with Crippen LogP contribution in [0.2, 0.25) is 0 Å². The van der Waals surface area contributed by atoms with Crippen LogP contribution < -0.4 is 0 Å². The van der Waals surface area contributed by atoms with E-state index >= 15 is 0 Å². The first-order chi connectivity index (χ1) is 10.8. The van der Waals surface area contributed by atoms with Crippen LogP contribution in [0.15, 0.2) is 17.7 Å². The van der Waals surface area contributed by atoms with Gasteiger partial charge in [-0.15, -0.1) is 0 Å². The minimum Gasteiger partial charge on any atom is -0.303 e. The Kier molecular flexibility index (Phi) is 3.62. The monoisotopic (exact) mass is 310 g/mol. The van der Waals surface area contributed by atoms with Gasteiger partial charge in [0.2, 0.25) is 11.6 Å². The van der Waals surface area contributed by atoms with Crippen LogP contribution in [0.4, 0.5) is 0 Å². The molecule has 23 heavy (non-hydrogen) atoms. The maximum absolute atomic E-state index is 12.8. The van der Waals surface area contributed by atoms with Gasteiger partial charge in [0.05, 0.1) is 0 Å². The van der Waals surface area contributed by atoms with Crippen molar-refractivity contribution in [3.63, 3.8) is 0 Å². The fourth-order valence-corrected chi connectivity index (χ4v) is 3.82. The number of Topliss-reactive ketones (excluding diaryl/α,β-unsaturated/α-hetero) is 2. The number of hydrogen-bond donors (Lipinski definition) is 0. The summed E-state index contributed by atoms with van der Waals surface area (Å²) in [7, 11) is 0. The SMILES string of the molecule is CC(C)C1=Cc2ccc3c(c2C(=O)C1=O)[C@@H](C=O)CCC3(C)C. The van der Waals surface area contributed by atoms with Crippen LogP contribution in [0.1, 0.15) is 73.5 Å². The third-order valence-electron chi connectivity index (χ3n) is 5.25. The zero-order valence-electron chi connectivity index (χ0n) is 14.1. The number of carbonyl (C=O) groups excluding carboxylic acids is 3. The lowest BCUT2D eigenvalue weighted by Gasteiger charge is -2.37. The second-order valence-electron chi connectivity index (χ2n) is 7.57. The zero-order chi connectivity index (χ0) is 16.9. The molecule has 0 amide bonds. The smallest absolute Gasteiger partial charge is 0.234 e. The molecule has 0 N–H and O–H groups in total. The zero-order valence-corrected chi connectivity index (χ0v) is 14.1. The fourth-order valence-electron chi connectivity index (χ4n) is 3.82. The van der Waals surface area contributed by atoms with Crippen LogP contribution in [-0.2, 0) is 15.0 Å². The molecule has 2 aliphatic carbocycles. The van der Waals surface area contributed by atoms with E-state index < -0.39 is 11.6 Å². The summed E-state index contributed by atoms with van der Waals surface area (Å²) in [6, 6.07) is 3.96. The predicted octanol–water partition coefficient (Wildman–Crippen LogP) is 3.85. The summed E-state index contributed by atoms with van der Waals surface area (Å²) < 4.78 is 0. The van der Waals surface area contributed by atoms with Crippen molar-refractivity contribution in [3.05, 3.63) is 40.0 Å². The molecule has 0 heterocycles. The maximum Gasteiger partial charge on any atom is 0.234 e. The van der Waals surface area contributed by atoms with E-state index in [4.69, 9.17) is 0 Å². The molecule has 0 spiro atoms. The van der Waals surface area contributed by atoms with Gasteiger partial charge >= 0.3 is 0 Å². The van der Waals surface area contributed by atoms with Crippen molar-refractivity contribution in [3.8, 4) is 0 Å². The molecule has 1 atom stereocenters. The third kappa shape index (κ3) is 2.30. The molecule has 0 bridgehead atoms. The number of hydrogen-bond acceptors (Lipinski definition) is 3. The number of rotatable bonds is 2.